The molecule has 4 aromatic rings. The first kappa shape index (κ1) is 31.2. The number of thioether (sulfide) groups is 1. The topological polar surface area (TPSA) is 174 Å². The second kappa shape index (κ2) is 14.4. The van der Waals surface area contributed by atoms with Gasteiger partial charge in [-0.25, -0.2) is 0 Å². The van der Waals surface area contributed by atoms with Crippen molar-refractivity contribution in [2.75, 3.05) is 10.6 Å². The second-order valence-corrected chi connectivity index (χ2v) is 10.8. The summed E-state index contributed by atoms with van der Waals surface area (Å²) in [6.45, 7) is 1.74. The van der Waals surface area contributed by atoms with Gasteiger partial charge in [0.2, 0.25) is 11.8 Å². The smallest absolute Gasteiger partial charge is 0.276 e. The lowest BCUT2D eigenvalue weighted by Gasteiger charge is -2.14. The summed E-state index contributed by atoms with van der Waals surface area (Å²) in [5.74, 6) is -2.06. The minimum atomic E-state index is -0.692. The number of benzene rings is 4. The average Bonchev–Trinajstić information content (AvgIpc) is 3.02. The van der Waals surface area contributed by atoms with Crippen LogP contribution in [0.5, 0.6) is 0 Å². The first-order valence-corrected chi connectivity index (χ1v) is 14.1. The van der Waals surface area contributed by atoms with Crippen LogP contribution in [-0.2, 0) is 9.59 Å². The van der Waals surface area contributed by atoms with Crippen molar-refractivity contribution in [3.05, 3.63) is 136 Å². The van der Waals surface area contributed by atoms with E-state index in [1.54, 1.807) is 79.7 Å². The third-order valence-electron chi connectivity index (χ3n) is 6.19. The third kappa shape index (κ3) is 8.39. The predicted octanol–water partition coefficient (Wildman–Crippen LogP) is 5.22. The Kier molecular flexibility index (Phi) is 10.2. The number of primary amides is 1. The fraction of sp³-hybridized carbons (Fsp3) is 0.0625. The van der Waals surface area contributed by atoms with Crippen molar-refractivity contribution in [3.8, 4) is 0 Å². The zero-order valence-corrected chi connectivity index (χ0v) is 24.2. The molecule has 4 aromatic carbocycles. The fourth-order valence-electron chi connectivity index (χ4n) is 3.91. The summed E-state index contributed by atoms with van der Waals surface area (Å²) in [5.41, 5.74) is 6.52. The van der Waals surface area contributed by atoms with Crippen molar-refractivity contribution < 1.29 is 24.1 Å². The highest BCUT2D eigenvalue weighted by molar-refractivity contribution is 8.00. The highest BCUT2D eigenvalue weighted by atomic mass is 32.2. The molecule has 0 radical (unpaired) electrons. The van der Waals surface area contributed by atoms with Gasteiger partial charge in [-0.05, 0) is 79.7 Å². The maximum atomic E-state index is 13.3. The van der Waals surface area contributed by atoms with Crippen LogP contribution in [0.4, 0.5) is 17.1 Å². The third-order valence-corrected chi connectivity index (χ3v) is 7.31. The maximum absolute atomic E-state index is 13.3. The number of nitro groups is 1. The molecule has 0 fully saturated rings. The minimum Gasteiger partial charge on any atom is -0.366 e. The van der Waals surface area contributed by atoms with Crippen LogP contribution in [0.25, 0.3) is 6.08 Å². The first-order chi connectivity index (χ1) is 21.1. The van der Waals surface area contributed by atoms with E-state index in [4.69, 9.17) is 5.73 Å². The zero-order valence-electron chi connectivity index (χ0n) is 23.4. The van der Waals surface area contributed by atoms with Crippen LogP contribution < -0.4 is 21.7 Å². The number of nitrogens with two attached hydrogens (primary N) is 1. The van der Waals surface area contributed by atoms with E-state index in [0.29, 0.717) is 22.5 Å². The molecule has 0 bridgehead atoms. The van der Waals surface area contributed by atoms with Crippen LogP contribution in [0.1, 0.15) is 33.2 Å². The Hall–Kier alpha value is -5.75. The largest absolute Gasteiger partial charge is 0.366 e. The van der Waals surface area contributed by atoms with Crippen LogP contribution in [0, 0.1) is 10.1 Å². The van der Waals surface area contributed by atoms with Crippen molar-refractivity contribution in [2.45, 2.75) is 17.1 Å². The van der Waals surface area contributed by atoms with Crippen molar-refractivity contribution in [2.24, 2.45) is 5.73 Å². The van der Waals surface area contributed by atoms with Crippen molar-refractivity contribution in [1.82, 2.24) is 5.32 Å². The Morgan fingerprint density at radius 1 is 0.795 bits per heavy atom. The molecule has 0 aliphatic heterocycles. The van der Waals surface area contributed by atoms with E-state index in [9.17, 15) is 29.3 Å². The fourth-order valence-corrected chi connectivity index (χ4v) is 4.78. The van der Waals surface area contributed by atoms with Crippen molar-refractivity contribution in [1.29, 1.82) is 0 Å². The van der Waals surface area contributed by atoms with Gasteiger partial charge in [0.25, 0.3) is 17.5 Å². The normalized spacial score (nSPS) is 11.6. The number of rotatable bonds is 11. The predicted molar refractivity (Wildman–Crippen MR) is 169 cm³/mol. The van der Waals surface area contributed by atoms with Crippen molar-refractivity contribution in [3.63, 3.8) is 0 Å². The zero-order chi connectivity index (χ0) is 31.6. The van der Waals surface area contributed by atoms with Crippen LogP contribution in [0.15, 0.2) is 114 Å². The van der Waals surface area contributed by atoms with Gasteiger partial charge < -0.3 is 21.7 Å². The second-order valence-electron chi connectivity index (χ2n) is 9.36. The molecule has 0 aliphatic carbocycles. The molecule has 0 spiro atoms. The van der Waals surface area contributed by atoms with Gasteiger partial charge in [-0.15, -0.1) is 11.8 Å². The number of nitro benzene ring substituents is 1. The van der Waals surface area contributed by atoms with Gasteiger partial charge in [-0.2, -0.15) is 0 Å². The number of hydrogen-bond acceptors (Lipinski definition) is 7. The highest BCUT2D eigenvalue weighted by Crippen LogP contribution is 2.26. The van der Waals surface area contributed by atoms with Gasteiger partial charge in [-0.1, -0.05) is 30.3 Å². The van der Waals surface area contributed by atoms with Gasteiger partial charge in [-0.3, -0.25) is 29.3 Å². The standard InChI is InChI=1S/C32H27N5O6S/c1-20(30(39)34-24-13-11-21(12-14-24)29(33)38)44-26-17-15-25(16-18-26)35-32(41)27(36-31(40)22-7-3-2-4-8-22)19-23-9-5-6-10-28(23)37(42)43/h2-20H,1H3,(H2,33,38)(H,34,39)(H,35,41)(H,36,40)/b27-19-. The van der Waals surface area contributed by atoms with Crippen molar-refractivity contribution >= 4 is 58.5 Å². The number of anilines is 2. The van der Waals surface area contributed by atoms with Gasteiger partial charge in [0.05, 0.1) is 15.7 Å². The maximum Gasteiger partial charge on any atom is 0.276 e. The molecule has 12 heteroatoms. The lowest BCUT2D eigenvalue weighted by Crippen LogP contribution is -2.30. The van der Waals surface area contributed by atoms with E-state index in [0.717, 1.165) is 4.90 Å². The monoisotopic (exact) mass is 609 g/mol. The van der Waals surface area contributed by atoms with E-state index in [1.165, 1.54) is 48.2 Å². The quantitative estimate of drug-likeness (QED) is 0.0780. The molecule has 222 valence electrons. The molecule has 0 heterocycles. The van der Waals surface area contributed by atoms with E-state index in [1.807, 2.05) is 0 Å². The Balaban J connectivity index is 1.45. The molecule has 1 atom stereocenters. The summed E-state index contributed by atoms with van der Waals surface area (Å²) < 4.78 is 0. The molecule has 0 aromatic heterocycles. The van der Waals surface area contributed by atoms with Gasteiger partial charge in [0, 0.05) is 33.5 Å². The number of carbonyl (C=O) groups is 4. The first-order valence-electron chi connectivity index (χ1n) is 13.2. The number of nitrogens with zero attached hydrogens (tertiary/aromatic N) is 1. The molecule has 4 rings (SSSR count). The molecule has 44 heavy (non-hydrogen) atoms. The molecule has 5 N–H and O–H groups in total. The van der Waals surface area contributed by atoms with E-state index >= 15 is 0 Å². The molecule has 11 nitrogen and oxygen atoms in total. The highest BCUT2D eigenvalue weighted by Gasteiger charge is 2.19. The molecule has 0 saturated carbocycles. The summed E-state index contributed by atoms with van der Waals surface area (Å²) in [5, 5.41) is 19.1. The van der Waals surface area contributed by atoms with E-state index in [-0.39, 0.29) is 22.9 Å². The van der Waals surface area contributed by atoms with Gasteiger partial charge >= 0.3 is 0 Å². The van der Waals surface area contributed by atoms with E-state index in [2.05, 4.69) is 16.0 Å². The Bertz CT molecular complexity index is 1720. The molecule has 0 saturated heterocycles. The van der Waals surface area contributed by atoms with E-state index < -0.39 is 27.9 Å². The number of amides is 4. The number of carbonyl (C=O) groups excluding carboxylic acids is 4. The average molecular weight is 610 g/mol. The Morgan fingerprint density at radius 3 is 2.02 bits per heavy atom. The summed E-state index contributed by atoms with van der Waals surface area (Å²) in [7, 11) is 0. The SMILES string of the molecule is CC(Sc1ccc(NC(=O)/C(=C/c2ccccc2[N+](=O)[O-])NC(=O)c2ccccc2)cc1)C(=O)Nc1ccc(C(N)=O)cc1. The molecule has 1 unspecified atom stereocenters. The van der Waals surface area contributed by atoms with Crippen LogP contribution in [0.3, 0.4) is 0 Å². The molecule has 0 aliphatic rings. The minimum absolute atomic E-state index is 0.138. The number of nitrogens with one attached hydrogen (secondary N) is 3. The lowest BCUT2D eigenvalue weighted by atomic mass is 10.1. The Morgan fingerprint density at radius 2 is 1.39 bits per heavy atom. The molecular formula is C32H27N5O6S. The van der Waals surface area contributed by atoms with Crippen LogP contribution >= 0.6 is 11.8 Å². The Labute approximate surface area is 256 Å². The molecular weight excluding hydrogens is 582 g/mol. The lowest BCUT2D eigenvalue weighted by molar-refractivity contribution is -0.385. The van der Waals surface area contributed by atoms with Crippen LogP contribution in [-0.4, -0.2) is 33.8 Å². The summed E-state index contributed by atoms with van der Waals surface area (Å²) in [4.78, 5) is 61.8. The summed E-state index contributed by atoms with van der Waals surface area (Å²) in [6, 6.07) is 27.1. The molecule has 4 amide bonds. The van der Waals surface area contributed by atoms with Crippen LogP contribution in [0.2, 0.25) is 0 Å². The van der Waals surface area contributed by atoms with Gasteiger partial charge in [0.1, 0.15) is 5.70 Å². The summed E-state index contributed by atoms with van der Waals surface area (Å²) in [6.07, 6.45) is 1.25. The van der Waals surface area contributed by atoms with Gasteiger partial charge in [0.15, 0.2) is 0 Å². The number of para-hydroxylation sites is 1. The summed E-state index contributed by atoms with van der Waals surface area (Å²) >= 11 is 1.29. The number of hydrogen-bond donors (Lipinski definition) is 4.